The molecule has 0 unspecified atom stereocenters. The van der Waals surface area contributed by atoms with Crippen molar-refractivity contribution >= 4 is 29.9 Å². The second-order valence-corrected chi connectivity index (χ2v) is 5.39. The molecular weight excluding hydrogens is 405 g/mol. The van der Waals surface area contributed by atoms with Crippen molar-refractivity contribution in [2.75, 3.05) is 13.6 Å². The lowest BCUT2D eigenvalue weighted by molar-refractivity contribution is 0.450. The van der Waals surface area contributed by atoms with Gasteiger partial charge in [-0.05, 0) is 32.9 Å². The third-order valence-corrected chi connectivity index (χ3v) is 3.58. The number of nitrogens with one attached hydrogen (secondary N) is 1. The molecule has 0 saturated carbocycles. The molecule has 0 aliphatic rings. The van der Waals surface area contributed by atoms with Gasteiger partial charge in [-0.2, -0.15) is 0 Å². The molecule has 2 heterocycles. The van der Waals surface area contributed by atoms with Crippen molar-refractivity contribution in [3.05, 3.63) is 41.4 Å². The van der Waals surface area contributed by atoms with Crippen LogP contribution in [-0.2, 0) is 20.1 Å². The highest BCUT2D eigenvalue weighted by Gasteiger charge is 2.10. The summed E-state index contributed by atoms with van der Waals surface area (Å²) in [6, 6.07) is 4.16. The largest absolute Gasteiger partial charge is 0.444 e. The average Bonchev–Trinajstić information content (AvgIpc) is 3.01. The number of guanidine groups is 1. The first-order chi connectivity index (χ1) is 10.5. The van der Waals surface area contributed by atoms with Crippen molar-refractivity contribution in [3.8, 4) is 0 Å². The highest BCUT2D eigenvalue weighted by atomic mass is 127. The molecule has 2 rings (SSSR count). The number of hydrogen-bond acceptors (Lipinski definition) is 3. The molecule has 2 aromatic rings. The number of rotatable bonds is 5. The molecule has 0 fully saturated rings. The van der Waals surface area contributed by atoms with E-state index in [4.69, 9.17) is 4.42 Å². The van der Waals surface area contributed by atoms with Gasteiger partial charge in [-0.1, -0.05) is 0 Å². The molecule has 0 saturated heterocycles. The summed E-state index contributed by atoms with van der Waals surface area (Å²) in [5, 5.41) is 3.30. The Morgan fingerprint density at radius 3 is 2.70 bits per heavy atom. The quantitative estimate of drug-likeness (QED) is 0.450. The molecule has 0 aliphatic heterocycles. The zero-order valence-electron chi connectivity index (χ0n) is 14.5. The monoisotopic (exact) mass is 431 g/mol. The fourth-order valence-corrected chi connectivity index (χ4v) is 2.20. The van der Waals surface area contributed by atoms with Crippen LogP contribution in [0.15, 0.2) is 27.7 Å². The third kappa shape index (κ3) is 5.26. The van der Waals surface area contributed by atoms with Crippen molar-refractivity contribution in [1.82, 2.24) is 19.8 Å². The molecule has 0 aliphatic carbocycles. The van der Waals surface area contributed by atoms with E-state index in [-0.39, 0.29) is 24.0 Å². The summed E-state index contributed by atoms with van der Waals surface area (Å²) in [7, 11) is 4.08. The van der Waals surface area contributed by atoms with Gasteiger partial charge in [0.25, 0.3) is 0 Å². The first-order valence-electron chi connectivity index (χ1n) is 7.53. The van der Waals surface area contributed by atoms with Crippen LogP contribution < -0.4 is 5.32 Å². The first kappa shape index (κ1) is 19.5. The molecule has 0 amide bonds. The van der Waals surface area contributed by atoms with Crippen LogP contribution in [0.25, 0.3) is 0 Å². The molecule has 7 heteroatoms. The predicted octanol–water partition coefficient (Wildman–Crippen LogP) is 2.85. The number of aryl methyl sites for hydroxylation is 3. The van der Waals surface area contributed by atoms with Crippen LogP contribution in [0.1, 0.15) is 30.0 Å². The Balaban J connectivity index is 0.00000264. The molecule has 6 nitrogen and oxygen atoms in total. The Morgan fingerprint density at radius 1 is 1.43 bits per heavy atom. The minimum absolute atomic E-state index is 0. The van der Waals surface area contributed by atoms with E-state index in [0.717, 1.165) is 30.5 Å². The Kier molecular flexibility index (Phi) is 7.60. The number of nitrogens with zero attached hydrogens (tertiary/aromatic N) is 4. The van der Waals surface area contributed by atoms with Gasteiger partial charge in [0.05, 0.1) is 12.2 Å². The van der Waals surface area contributed by atoms with Crippen LogP contribution >= 0.6 is 24.0 Å². The molecule has 0 spiro atoms. The Labute approximate surface area is 155 Å². The van der Waals surface area contributed by atoms with Crippen molar-refractivity contribution in [3.63, 3.8) is 0 Å². The van der Waals surface area contributed by atoms with Crippen molar-refractivity contribution in [2.45, 2.75) is 33.9 Å². The van der Waals surface area contributed by atoms with Gasteiger partial charge in [0, 0.05) is 32.5 Å². The lowest BCUT2D eigenvalue weighted by atomic mass is 10.4. The number of aliphatic imine (C=N–C) groups is 1. The van der Waals surface area contributed by atoms with Gasteiger partial charge < -0.3 is 19.2 Å². The van der Waals surface area contributed by atoms with E-state index in [9.17, 15) is 0 Å². The van der Waals surface area contributed by atoms with E-state index in [1.165, 1.54) is 5.69 Å². The van der Waals surface area contributed by atoms with E-state index in [1.54, 1.807) is 0 Å². The van der Waals surface area contributed by atoms with Gasteiger partial charge in [0.1, 0.15) is 12.3 Å². The highest BCUT2D eigenvalue weighted by molar-refractivity contribution is 14.0. The van der Waals surface area contributed by atoms with Gasteiger partial charge in [-0.3, -0.25) is 0 Å². The molecule has 23 heavy (non-hydrogen) atoms. The second kappa shape index (κ2) is 8.95. The number of hydrogen-bond donors (Lipinski definition) is 1. The maximum atomic E-state index is 5.58. The van der Waals surface area contributed by atoms with Crippen LogP contribution in [-0.4, -0.2) is 34.0 Å². The normalized spacial score (nSPS) is 11.3. The van der Waals surface area contributed by atoms with E-state index in [1.807, 2.05) is 40.2 Å². The van der Waals surface area contributed by atoms with Crippen molar-refractivity contribution < 1.29 is 4.42 Å². The van der Waals surface area contributed by atoms with E-state index < -0.39 is 0 Å². The molecule has 0 aromatic carbocycles. The predicted molar refractivity (Wildman–Crippen MR) is 103 cm³/mol. The smallest absolute Gasteiger partial charge is 0.216 e. The summed E-state index contributed by atoms with van der Waals surface area (Å²) >= 11 is 0. The topological polar surface area (TPSA) is 58.6 Å². The number of halogens is 1. The summed E-state index contributed by atoms with van der Waals surface area (Å²) < 4.78 is 7.69. The Morgan fingerprint density at radius 2 is 2.17 bits per heavy atom. The fraction of sp³-hybridized carbons (Fsp3) is 0.500. The highest BCUT2D eigenvalue weighted by Crippen LogP contribution is 2.10. The minimum atomic E-state index is 0. The van der Waals surface area contributed by atoms with Gasteiger partial charge in [0.15, 0.2) is 5.96 Å². The maximum absolute atomic E-state index is 5.58. The summed E-state index contributed by atoms with van der Waals surface area (Å²) in [4.78, 5) is 11.1. The van der Waals surface area contributed by atoms with Gasteiger partial charge >= 0.3 is 0 Å². The lowest BCUT2D eigenvalue weighted by Gasteiger charge is -2.22. The summed E-state index contributed by atoms with van der Waals surface area (Å²) in [6.07, 6.45) is 2.05. The van der Waals surface area contributed by atoms with E-state index >= 15 is 0 Å². The van der Waals surface area contributed by atoms with Gasteiger partial charge in [0.2, 0.25) is 5.89 Å². The first-order valence-corrected chi connectivity index (χ1v) is 7.53. The van der Waals surface area contributed by atoms with Gasteiger partial charge in [-0.25, -0.2) is 9.98 Å². The molecular formula is C16H26IN5O. The molecule has 2 aromatic heterocycles. The fourth-order valence-electron chi connectivity index (χ4n) is 2.20. The second-order valence-electron chi connectivity index (χ2n) is 5.39. The lowest BCUT2D eigenvalue weighted by Crippen LogP contribution is -2.38. The average molecular weight is 431 g/mol. The van der Waals surface area contributed by atoms with E-state index in [0.29, 0.717) is 12.4 Å². The number of aromatic nitrogens is 2. The summed E-state index contributed by atoms with van der Waals surface area (Å²) in [5.41, 5.74) is 2.16. The SMILES string of the molecule is CCNC(=NCc1nc(C)c(C)o1)N(C)Cc1cccn1C.I. The Bertz CT molecular complexity index is 627. The van der Waals surface area contributed by atoms with Gasteiger partial charge in [-0.15, -0.1) is 24.0 Å². The molecule has 0 atom stereocenters. The third-order valence-electron chi connectivity index (χ3n) is 3.58. The van der Waals surface area contributed by atoms with Crippen LogP contribution in [0.2, 0.25) is 0 Å². The van der Waals surface area contributed by atoms with Crippen LogP contribution in [0.4, 0.5) is 0 Å². The summed E-state index contributed by atoms with van der Waals surface area (Å²) in [5.74, 6) is 2.35. The van der Waals surface area contributed by atoms with Crippen LogP contribution in [0, 0.1) is 13.8 Å². The summed E-state index contributed by atoms with van der Waals surface area (Å²) in [6.45, 7) is 7.97. The van der Waals surface area contributed by atoms with Crippen molar-refractivity contribution in [2.24, 2.45) is 12.0 Å². The molecule has 0 bridgehead atoms. The zero-order valence-corrected chi connectivity index (χ0v) is 16.8. The minimum Gasteiger partial charge on any atom is -0.444 e. The van der Waals surface area contributed by atoms with Crippen molar-refractivity contribution in [1.29, 1.82) is 0 Å². The standard InChI is InChI=1S/C16H25N5O.HI/c1-6-17-16(18-10-15-19-12(2)13(3)22-15)21(5)11-14-8-7-9-20(14)4;/h7-9H,6,10-11H2,1-5H3,(H,17,18);1H. The van der Waals surface area contributed by atoms with E-state index in [2.05, 4.69) is 37.8 Å². The zero-order chi connectivity index (χ0) is 16.1. The molecule has 128 valence electrons. The maximum Gasteiger partial charge on any atom is 0.216 e. The number of oxazole rings is 1. The van der Waals surface area contributed by atoms with Crippen LogP contribution in [0.5, 0.6) is 0 Å². The molecule has 0 radical (unpaired) electrons. The van der Waals surface area contributed by atoms with Crippen LogP contribution in [0.3, 0.4) is 0 Å². The Hall–Kier alpha value is -1.51. The molecule has 1 N–H and O–H groups in total.